The Morgan fingerprint density at radius 1 is 1.13 bits per heavy atom. The number of aromatic nitrogens is 3. The molecule has 2 aliphatic rings. The number of aryl methyl sites for hydroxylation is 2. The van der Waals surface area contributed by atoms with E-state index < -0.39 is 0 Å². The lowest BCUT2D eigenvalue weighted by Crippen LogP contribution is -2.31. The zero-order valence-electron chi connectivity index (χ0n) is 18.4. The minimum absolute atomic E-state index is 0.280. The van der Waals surface area contributed by atoms with Gasteiger partial charge in [0.05, 0.1) is 19.2 Å². The maximum absolute atomic E-state index is 5.92. The van der Waals surface area contributed by atoms with Crippen LogP contribution in [0.3, 0.4) is 0 Å². The quantitative estimate of drug-likeness (QED) is 0.601. The van der Waals surface area contributed by atoms with E-state index in [9.17, 15) is 0 Å². The number of hydrogen-bond acceptors (Lipinski definition) is 6. The summed E-state index contributed by atoms with van der Waals surface area (Å²) in [6.07, 6.45) is 6.63. The SMILES string of the molecule is Cc1ccc(NCc2nnc(SCCN3CCCCC3)n2C[C@@H]2CCCO2)c(C)c1. The van der Waals surface area contributed by atoms with Gasteiger partial charge in [0.1, 0.15) is 0 Å². The van der Waals surface area contributed by atoms with Crippen molar-refractivity contribution < 1.29 is 4.74 Å². The molecule has 2 fully saturated rings. The maximum Gasteiger partial charge on any atom is 0.191 e. The van der Waals surface area contributed by atoms with Crippen molar-refractivity contribution >= 4 is 17.4 Å². The summed E-state index contributed by atoms with van der Waals surface area (Å²) in [6.45, 7) is 10.3. The molecule has 0 aliphatic carbocycles. The Balaban J connectivity index is 1.40. The van der Waals surface area contributed by atoms with Gasteiger partial charge in [0.2, 0.25) is 0 Å². The van der Waals surface area contributed by atoms with E-state index in [0.29, 0.717) is 6.54 Å². The Kier molecular flexibility index (Phi) is 7.68. The van der Waals surface area contributed by atoms with Gasteiger partial charge >= 0.3 is 0 Å². The zero-order valence-corrected chi connectivity index (χ0v) is 19.2. The van der Waals surface area contributed by atoms with E-state index in [1.807, 2.05) is 11.8 Å². The standard InChI is InChI=1S/C23H35N5OS/c1-18-8-9-21(19(2)15-18)24-16-22-25-26-23(28(22)17-20-7-6-13-29-20)30-14-12-27-10-4-3-5-11-27/h8-9,15,20,24H,3-7,10-14,16-17H2,1-2H3/t20-/m0/s1. The second-order valence-corrected chi connectivity index (χ2v) is 9.63. The first-order valence-corrected chi connectivity index (χ1v) is 12.4. The molecule has 1 aromatic carbocycles. The van der Waals surface area contributed by atoms with Crippen molar-refractivity contribution in [1.29, 1.82) is 0 Å². The molecule has 7 heteroatoms. The summed E-state index contributed by atoms with van der Waals surface area (Å²) in [6, 6.07) is 6.51. The lowest BCUT2D eigenvalue weighted by atomic mass is 10.1. The largest absolute Gasteiger partial charge is 0.378 e. The molecular weight excluding hydrogens is 394 g/mol. The first-order chi connectivity index (χ1) is 14.7. The third-order valence-corrected chi connectivity index (χ3v) is 7.06. The first-order valence-electron chi connectivity index (χ1n) is 11.4. The summed E-state index contributed by atoms with van der Waals surface area (Å²) in [5.74, 6) is 2.06. The third-order valence-electron chi connectivity index (χ3n) is 6.11. The van der Waals surface area contributed by atoms with Crippen LogP contribution in [0.25, 0.3) is 0 Å². The van der Waals surface area contributed by atoms with Gasteiger partial charge in [-0.1, -0.05) is 35.9 Å². The highest BCUT2D eigenvalue weighted by molar-refractivity contribution is 7.99. The Labute approximate surface area is 184 Å². The molecule has 1 N–H and O–H groups in total. The number of thioether (sulfide) groups is 1. The second kappa shape index (κ2) is 10.6. The first kappa shape index (κ1) is 21.7. The van der Waals surface area contributed by atoms with Crippen molar-refractivity contribution in [2.75, 3.05) is 37.3 Å². The van der Waals surface area contributed by atoms with E-state index in [-0.39, 0.29) is 6.10 Å². The van der Waals surface area contributed by atoms with Gasteiger partial charge < -0.3 is 19.5 Å². The number of piperidine rings is 1. The van der Waals surface area contributed by atoms with Crippen LogP contribution < -0.4 is 5.32 Å². The molecule has 164 valence electrons. The topological polar surface area (TPSA) is 55.2 Å². The number of nitrogens with zero attached hydrogens (tertiary/aromatic N) is 4. The molecule has 0 bridgehead atoms. The minimum Gasteiger partial charge on any atom is -0.378 e. The van der Waals surface area contributed by atoms with Crippen LogP contribution in [0.5, 0.6) is 0 Å². The third kappa shape index (κ3) is 5.77. The van der Waals surface area contributed by atoms with Crippen molar-refractivity contribution in [2.24, 2.45) is 0 Å². The second-order valence-electron chi connectivity index (χ2n) is 8.57. The minimum atomic E-state index is 0.280. The van der Waals surface area contributed by atoms with Gasteiger partial charge in [-0.15, -0.1) is 10.2 Å². The summed E-state index contributed by atoms with van der Waals surface area (Å²) in [7, 11) is 0. The van der Waals surface area contributed by atoms with Crippen LogP contribution in [-0.4, -0.2) is 57.8 Å². The zero-order chi connectivity index (χ0) is 20.8. The van der Waals surface area contributed by atoms with Crippen LogP contribution in [0.15, 0.2) is 23.4 Å². The van der Waals surface area contributed by atoms with Gasteiger partial charge in [0.15, 0.2) is 11.0 Å². The van der Waals surface area contributed by atoms with Crippen LogP contribution in [0, 0.1) is 13.8 Å². The van der Waals surface area contributed by atoms with E-state index in [1.54, 1.807) is 0 Å². The summed E-state index contributed by atoms with van der Waals surface area (Å²) >= 11 is 1.84. The van der Waals surface area contributed by atoms with Crippen LogP contribution in [0.1, 0.15) is 49.1 Å². The summed E-state index contributed by atoms with van der Waals surface area (Å²) < 4.78 is 8.20. The predicted molar refractivity (Wildman–Crippen MR) is 123 cm³/mol. The van der Waals surface area contributed by atoms with Gasteiger partial charge in [-0.2, -0.15) is 0 Å². The average Bonchev–Trinajstić information content (AvgIpc) is 3.39. The van der Waals surface area contributed by atoms with Gasteiger partial charge in [-0.3, -0.25) is 0 Å². The maximum atomic E-state index is 5.92. The fourth-order valence-corrected chi connectivity index (χ4v) is 5.33. The highest BCUT2D eigenvalue weighted by Crippen LogP contribution is 2.23. The van der Waals surface area contributed by atoms with E-state index in [0.717, 1.165) is 55.0 Å². The Morgan fingerprint density at radius 3 is 2.77 bits per heavy atom. The average molecular weight is 430 g/mol. The molecule has 0 amide bonds. The molecule has 1 aromatic heterocycles. The normalized spacial score (nSPS) is 20.0. The molecule has 6 nitrogen and oxygen atoms in total. The van der Waals surface area contributed by atoms with Gasteiger partial charge in [0.25, 0.3) is 0 Å². The molecule has 2 saturated heterocycles. The lowest BCUT2D eigenvalue weighted by Gasteiger charge is -2.26. The van der Waals surface area contributed by atoms with Crippen molar-refractivity contribution in [1.82, 2.24) is 19.7 Å². The molecule has 0 unspecified atom stereocenters. The molecule has 3 heterocycles. The van der Waals surface area contributed by atoms with E-state index in [1.165, 1.54) is 43.5 Å². The fourth-order valence-electron chi connectivity index (χ4n) is 4.37. The molecule has 0 radical (unpaired) electrons. The molecule has 0 saturated carbocycles. The number of likely N-dealkylation sites (tertiary alicyclic amines) is 1. The van der Waals surface area contributed by atoms with Gasteiger partial charge in [-0.05, 0) is 64.3 Å². The fraction of sp³-hybridized carbons (Fsp3) is 0.652. The highest BCUT2D eigenvalue weighted by Gasteiger charge is 2.21. The van der Waals surface area contributed by atoms with Crippen LogP contribution in [0.4, 0.5) is 5.69 Å². The van der Waals surface area contributed by atoms with Crippen LogP contribution in [-0.2, 0) is 17.8 Å². The Bertz CT molecular complexity index is 812. The van der Waals surface area contributed by atoms with Gasteiger partial charge in [-0.25, -0.2) is 0 Å². The smallest absolute Gasteiger partial charge is 0.191 e. The summed E-state index contributed by atoms with van der Waals surface area (Å²) in [5, 5.41) is 13.7. The summed E-state index contributed by atoms with van der Waals surface area (Å²) in [4.78, 5) is 2.58. The number of anilines is 1. The molecule has 2 aromatic rings. The number of ether oxygens (including phenoxy) is 1. The highest BCUT2D eigenvalue weighted by atomic mass is 32.2. The molecule has 30 heavy (non-hydrogen) atoms. The molecule has 4 rings (SSSR count). The van der Waals surface area contributed by atoms with Crippen LogP contribution >= 0.6 is 11.8 Å². The lowest BCUT2D eigenvalue weighted by molar-refractivity contribution is 0.0942. The van der Waals surface area contributed by atoms with Crippen molar-refractivity contribution in [3.63, 3.8) is 0 Å². The monoisotopic (exact) mass is 429 g/mol. The molecule has 1 atom stereocenters. The number of hydrogen-bond donors (Lipinski definition) is 1. The molecule has 2 aliphatic heterocycles. The van der Waals surface area contributed by atoms with Crippen molar-refractivity contribution in [2.45, 2.75) is 70.3 Å². The Hall–Kier alpha value is -1.57. The van der Waals surface area contributed by atoms with Gasteiger partial charge in [0, 0.05) is 24.6 Å². The van der Waals surface area contributed by atoms with Crippen molar-refractivity contribution in [3.8, 4) is 0 Å². The predicted octanol–water partition coefficient (Wildman–Crippen LogP) is 4.26. The van der Waals surface area contributed by atoms with E-state index in [4.69, 9.17) is 4.74 Å². The Morgan fingerprint density at radius 2 is 2.00 bits per heavy atom. The van der Waals surface area contributed by atoms with Crippen molar-refractivity contribution in [3.05, 3.63) is 35.2 Å². The van der Waals surface area contributed by atoms with E-state index in [2.05, 4.69) is 57.0 Å². The molecular formula is C23H35N5OS. The number of rotatable bonds is 9. The van der Waals surface area contributed by atoms with E-state index >= 15 is 0 Å². The van der Waals surface area contributed by atoms with Crippen LogP contribution in [0.2, 0.25) is 0 Å². The number of benzene rings is 1. The summed E-state index contributed by atoms with van der Waals surface area (Å²) in [5.41, 5.74) is 3.70. The molecule has 0 spiro atoms. The number of nitrogens with one attached hydrogen (secondary N) is 1.